The van der Waals surface area contributed by atoms with Gasteiger partial charge in [-0.1, -0.05) is 30.7 Å². The first-order valence-corrected chi connectivity index (χ1v) is 6.17. The second-order valence-corrected chi connectivity index (χ2v) is 4.46. The molecule has 2 aromatic rings. The molecule has 0 bridgehead atoms. The van der Waals surface area contributed by atoms with Crippen LogP contribution >= 0.6 is 11.6 Å². The van der Waals surface area contributed by atoms with Gasteiger partial charge in [-0.2, -0.15) is 5.10 Å². The molecule has 1 N–H and O–H groups in total. The van der Waals surface area contributed by atoms with Crippen molar-refractivity contribution in [2.75, 3.05) is 6.54 Å². The van der Waals surface area contributed by atoms with Gasteiger partial charge in [-0.15, -0.1) is 0 Å². The maximum Gasteiger partial charge on any atom is 0.142 e. The molecular formula is C13H15ClFN3. The highest BCUT2D eigenvalue weighted by molar-refractivity contribution is 6.31. The van der Waals surface area contributed by atoms with E-state index in [2.05, 4.69) is 10.4 Å². The Labute approximate surface area is 111 Å². The number of benzene rings is 1. The lowest BCUT2D eigenvalue weighted by Crippen LogP contribution is -2.22. The summed E-state index contributed by atoms with van der Waals surface area (Å²) in [6.07, 6.45) is 3.66. The number of aromatic nitrogens is 2. The van der Waals surface area contributed by atoms with Gasteiger partial charge in [-0.3, -0.25) is 4.68 Å². The average molecular weight is 268 g/mol. The van der Waals surface area contributed by atoms with E-state index in [1.54, 1.807) is 16.9 Å². The van der Waals surface area contributed by atoms with Crippen LogP contribution < -0.4 is 5.32 Å². The summed E-state index contributed by atoms with van der Waals surface area (Å²) < 4.78 is 15.2. The van der Waals surface area contributed by atoms with E-state index in [0.717, 1.165) is 17.7 Å². The van der Waals surface area contributed by atoms with Gasteiger partial charge in [0.1, 0.15) is 5.82 Å². The molecule has 0 saturated heterocycles. The van der Waals surface area contributed by atoms with Crippen LogP contribution in [0.2, 0.25) is 5.02 Å². The predicted octanol–water partition coefficient (Wildman–Crippen LogP) is 2.91. The molecular weight excluding hydrogens is 253 g/mol. The molecule has 1 aromatic carbocycles. The molecule has 0 aliphatic rings. The van der Waals surface area contributed by atoms with Crippen LogP contribution in [0.15, 0.2) is 30.6 Å². The predicted molar refractivity (Wildman–Crippen MR) is 70.1 cm³/mol. The first-order chi connectivity index (χ1) is 8.63. The summed E-state index contributed by atoms with van der Waals surface area (Å²) in [4.78, 5) is 0. The Balaban J connectivity index is 2.44. The highest BCUT2D eigenvalue weighted by atomic mass is 35.5. The van der Waals surface area contributed by atoms with E-state index >= 15 is 0 Å². The van der Waals surface area contributed by atoms with Crippen LogP contribution in [-0.2, 0) is 7.05 Å². The molecule has 0 spiro atoms. The minimum atomic E-state index is -0.402. The average Bonchev–Trinajstić information content (AvgIpc) is 2.77. The molecule has 3 nitrogen and oxygen atoms in total. The van der Waals surface area contributed by atoms with Crippen molar-refractivity contribution in [3.8, 4) is 0 Å². The number of nitrogens with zero attached hydrogens (tertiary/aromatic N) is 2. The van der Waals surface area contributed by atoms with Gasteiger partial charge in [-0.05, 0) is 18.2 Å². The molecule has 1 heterocycles. The summed E-state index contributed by atoms with van der Waals surface area (Å²) in [5.74, 6) is -0.402. The second-order valence-electron chi connectivity index (χ2n) is 4.08. The van der Waals surface area contributed by atoms with Crippen LogP contribution in [0.5, 0.6) is 0 Å². The lowest BCUT2D eigenvalue weighted by Gasteiger charge is -2.18. The Morgan fingerprint density at radius 1 is 1.50 bits per heavy atom. The molecule has 0 fully saturated rings. The van der Waals surface area contributed by atoms with Gasteiger partial charge in [0.25, 0.3) is 0 Å². The third kappa shape index (κ3) is 2.54. The van der Waals surface area contributed by atoms with Crippen molar-refractivity contribution in [1.82, 2.24) is 15.1 Å². The fraction of sp³-hybridized carbons (Fsp3) is 0.308. The van der Waals surface area contributed by atoms with Crippen molar-refractivity contribution in [3.05, 3.63) is 52.6 Å². The molecule has 1 aromatic heterocycles. The summed E-state index contributed by atoms with van der Waals surface area (Å²) in [6.45, 7) is 2.75. The molecule has 0 aliphatic heterocycles. The summed E-state index contributed by atoms with van der Waals surface area (Å²) in [7, 11) is 1.85. The maximum absolute atomic E-state index is 13.5. The highest BCUT2D eigenvalue weighted by Crippen LogP contribution is 2.29. The van der Waals surface area contributed by atoms with Gasteiger partial charge >= 0.3 is 0 Å². The number of aryl methyl sites for hydroxylation is 1. The Kier molecular flexibility index (Phi) is 3.99. The highest BCUT2D eigenvalue weighted by Gasteiger charge is 2.19. The van der Waals surface area contributed by atoms with E-state index in [4.69, 9.17) is 11.6 Å². The summed E-state index contributed by atoms with van der Waals surface area (Å²) in [5.41, 5.74) is 1.69. The molecule has 1 atom stereocenters. The summed E-state index contributed by atoms with van der Waals surface area (Å²) in [5, 5.41) is 7.59. The Morgan fingerprint density at radius 2 is 2.28 bits per heavy atom. The SMILES string of the molecule is CCNC(c1cnn(C)c1)c1cccc(F)c1Cl. The lowest BCUT2D eigenvalue weighted by atomic mass is 10.0. The molecule has 0 aliphatic carbocycles. The van der Waals surface area contributed by atoms with Crippen LogP contribution in [0.3, 0.4) is 0 Å². The van der Waals surface area contributed by atoms with Crippen LogP contribution in [0.4, 0.5) is 4.39 Å². The van der Waals surface area contributed by atoms with E-state index in [1.807, 2.05) is 26.2 Å². The van der Waals surface area contributed by atoms with Crippen molar-refractivity contribution >= 4 is 11.6 Å². The van der Waals surface area contributed by atoms with Gasteiger partial charge in [-0.25, -0.2) is 4.39 Å². The van der Waals surface area contributed by atoms with Gasteiger partial charge in [0.2, 0.25) is 0 Å². The number of rotatable bonds is 4. The minimum Gasteiger partial charge on any atom is -0.306 e. The Morgan fingerprint density at radius 3 is 2.89 bits per heavy atom. The fourth-order valence-corrected chi connectivity index (χ4v) is 2.18. The molecule has 96 valence electrons. The first kappa shape index (κ1) is 13.1. The van der Waals surface area contributed by atoms with Crippen LogP contribution in [0.1, 0.15) is 24.1 Å². The standard InChI is InChI=1S/C13H15ClFN3/c1-3-16-13(9-7-17-18(2)8-9)10-5-4-6-11(15)12(10)14/h4-8,13,16H,3H2,1-2H3. The molecule has 1 unspecified atom stereocenters. The van der Waals surface area contributed by atoms with Crippen LogP contribution in [0.25, 0.3) is 0 Å². The molecule has 0 amide bonds. The Hall–Kier alpha value is -1.39. The summed E-state index contributed by atoms with van der Waals surface area (Å²) in [6, 6.07) is 4.70. The van der Waals surface area contributed by atoms with E-state index < -0.39 is 5.82 Å². The molecule has 18 heavy (non-hydrogen) atoms. The number of halogens is 2. The zero-order chi connectivity index (χ0) is 13.1. The topological polar surface area (TPSA) is 29.9 Å². The monoisotopic (exact) mass is 267 g/mol. The van der Waals surface area contributed by atoms with Crippen LogP contribution in [-0.4, -0.2) is 16.3 Å². The van der Waals surface area contributed by atoms with Gasteiger partial charge < -0.3 is 5.32 Å². The van der Waals surface area contributed by atoms with Gasteiger partial charge in [0.05, 0.1) is 17.3 Å². The smallest absolute Gasteiger partial charge is 0.142 e. The zero-order valence-electron chi connectivity index (χ0n) is 10.3. The normalized spacial score (nSPS) is 12.7. The van der Waals surface area contributed by atoms with Crippen LogP contribution in [0, 0.1) is 5.82 Å². The number of hydrogen-bond donors (Lipinski definition) is 1. The second kappa shape index (κ2) is 5.50. The Bertz CT molecular complexity index is 539. The van der Waals surface area contributed by atoms with E-state index in [9.17, 15) is 4.39 Å². The number of hydrogen-bond acceptors (Lipinski definition) is 2. The number of nitrogens with one attached hydrogen (secondary N) is 1. The van der Waals surface area contributed by atoms with Crippen molar-refractivity contribution in [1.29, 1.82) is 0 Å². The fourth-order valence-electron chi connectivity index (χ4n) is 1.94. The molecule has 0 saturated carbocycles. The van der Waals surface area contributed by atoms with Gasteiger partial charge in [0, 0.05) is 18.8 Å². The van der Waals surface area contributed by atoms with E-state index in [0.29, 0.717) is 0 Å². The summed E-state index contributed by atoms with van der Waals surface area (Å²) >= 11 is 6.04. The zero-order valence-corrected chi connectivity index (χ0v) is 11.1. The quantitative estimate of drug-likeness (QED) is 0.923. The van der Waals surface area contributed by atoms with E-state index in [1.165, 1.54) is 6.07 Å². The van der Waals surface area contributed by atoms with Crippen molar-refractivity contribution in [2.45, 2.75) is 13.0 Å². The third-order valence-electron chi connectivity index (χ3n) is 2.76. The first-order valence-electron chi connectivity index (χ1n) is 5.79. The molecule has 2 rings (SSSR count). The maximum atomic E-state index is 13.5. The van der Waals surface area contributed by atoms with E-state index in [-0.39, 0.29) is 11.1 Å². The molecule has 5 heteroatoms. The van der Waals surface area contributed by atoms with Crippen molar-refractivity contribution < 1.29 is 4.39 Å². The third-order valence-corrected chi connectivity index (χ3v) is 3.16. The lowest BCUT2D eigenvalue weighted by molar-refractivity contribution is 0.603. The van der Waals surface area contributed by atoms with Crippen molar-refractivity contribution in [2.24, 2.45) is 7.05 Å². The van der Waals surface area contributed by atoms with Crippen molar-refractivity contribution in [3.63, 3.8) is 0 Å². The minimum absolute atomic E-state index is 0.146. The molecule has 0 radical (unpaired) electrons. The van der Waals surface area contributed by atoms with Gasteiger partial charge in [0.15, 0.2) is 0 Å². The largest absolute Gasteiger partial charge is 0.306 e.